The van der Waals surface area contributed by atoms with Crippen LogP contribution in [0.3, 0.4) is 0 Å². The van der Waals surface area contributed by atoms with Crippen molar-refractivity contribution in [3.8, 4) is 11.1 Å². The zero-order valence-corrected chi connectivity index (χ0v) is 19.9. The lowest BCUT2D eigenvalue weighted by atomic mass is 9.80. The first kappa shape index (κ1) is 22.8. The van der Waals surface area contributed by atoms with Gasteiger partial charge in [0.15, 0.2) is 5.78 Å². The predicted molar refractivity (Wildman–Crippen MR) is 129 cm³/mol. The highest BCUT2D eigenvalue weighted by molar-refractivity contribution is 6.30. The van der Waals surface area contributed by atoms with Gasteiger partial charge in [-0.05, 0) is 84.5 Å². The molecule has 32 heavy (non-hydrogen) atoms. The van der Waals surface area contributed by atoms with Gasteiger partial charge in [-0.1, -0.05) is 50.1 Å². The molecule has 0 heterocycles. The van der Waals surface area contributed by atoms with Gasteiger partial charge in [-0.25, -0.2) is 0 Å². The smallest absolute Gasteiger partial charge is 0.307 e. The molecule has 0 amide bonds. The van der Waals surface area contributed by atoms with Crippen molar-refractivity contribution in [2.45, 2.75) is 65.7 Å². The van der Waals surface area contributed by atoms with Gasteiger partial charge in [0.25, 0.3) is 0 Å². The Hall–Kier alpha value is -2.39. The van der Waals surface area contributed by atoms with Crippen LogP contribution in [0.2, 0.25) is 5.02 Å². The van der Waals surface area contributed by atoms with E-state index in [0.29, 0.717) is 11.3 Å². The summed E-state index contributed by atoms with van der Waals surface area (Å²) in [6, 6.07) is 12.4. The molecule has 3 nitrogen and oxygen atoms in total. The first-order valence-electron chi connectivity index (χ1n) is 11.8. The van der Waals surface area contributed by atoms with Gasteiger partial charge in [0.2, 0.25) is 0 Å². The number of rotatable bonds is 7. The summed E-state index contributed by atoms with van der Waals surface area (Å²) in [4.78, 5) is 25.4. The minimum absolute atomic E-state index is 0.0401. The number of Topliss-reactive ketones (excluding diaryl/α,β-unsaturated/α-hetero) is 1. The number of fused-ring (bicyclic) bond motifs is 2. The first-order chi connectivity index (χ1) is 15.4. The van der Waals surface area contributed by atoms with Gasteiger partial charge in [0, 0.05) is 23.8 Å². The van der Waals surface area contributed by atoms with Gasteiger partial charge in [-0.3, -0.25) is 9.59 Å². The summed E-state index contributed by atoms with van der Waals surface area (Å²) in [6.07, 6.45) is 6.54. The lowest BCUT2D eigenvalue weighted by Crippen LogP contribution is -2.24. The Morgan fingerprint density at radius 1 is 1.03 bits per heavy atom. The molecule has 2 atom stereocenters. The molecule has 1 fully saturated rings. The second-order valence-electron chi connectivity index (χ2n) is 9.03. The molecule has 2 aromatic rings. The van der Waals surface area contributed by atoms with Crippen LogP contribution < -0.4 is 0 Å². The quantitative estimate of drug-likeness (QED) is 0.419. The summed E-state index contributed by atoms with van der Waals surface area (Å²) in [7, 11) is 0. The van der Waals surface area contributed by atoms with Crippen molar-refractivity contribution in [2.24, 2.45) is 11.8 Å². The van der Waals surface area contributed by atoms with Crippen LogP contribution in [-0.2, 0) is 27.2 Å². The number of esters is 1. The number of ether oxygens (including phenoxy) is 1. The van der Waals surface area contributed by atoms with Crippen molar-refractivity contribution >= 4 is 28.9 Å². The van der Waals surface area contributed by atoms with E-state index >= 15 is 0 Å². The fraction of sp³-hybridized carbons (Fsp3) is 0.429. The first-order valence-corrected chi connectivity index (χ1v) is 12.2. The van der Waals surface area contributed by atoms with Crippen molar-refractivity contribution in [2.75, 3.05) is 0 Å². The topological polar surface area (TPSA) is 43.4 Å². The highest BCUT2D eigenvalue weighted by atomic mass is 35.5. The fourth-order valence-corrected chi connectivity index (χ4v) is 5.44. The molecule has 0 aliphatic heterocycles. The Balaban J connectivity index is 1.88. The van der Waals surface area contributed by atoms with Crippen molar-refractivity contribution in [3.63, 3.8) is 0 Å². The third-order valence-electron chi connectivity index (χ3n) is 6.86. The van der Waals surface area contributed by atoms with E-state index in [1.807, 2.05) is 6.07 Å². The summed E-state index contributed by atoms with van der Waals surface area (Å²) in [5.74, 6) is 0.554. The van der Waals surface area contributed by atoms with Crippen LogP contribution in [0.15, 0.2) is 42.2 Å². The summed E-state index contributed by atoms with van der Waals surface area (Å²) >= 11 is 6.31. The van der Waals surface area contributed by atoms with Gasteiger partial charge in [0.1, 0.15) is 5.76 Å². The van der Waals surface area contributed by atoms with Crippen LogP contribution in [0.5, 0.6) is 0 Å². The molecule has 2 aliphatic carbocycles. The van der Waals surface area contributed by atoms with E-state index in [1.165, 1.54) is 12.5 Å². The molecular weight excluding hydrogens is 420 g/mol. The van der Waals surface area contributed by atoms with Crippen molar-refractivity contribution < 1.29 is 14.3 Å². The Morgan fingerprint density at radius 3 is 2.53 bits per heavy atom. The second-order valence-corrected chi connectivity index (χ2v) is 9.47. The van der Waals surface area contributed by atoms with Gasteiger partial charge < -0.3 is 4.74 Å². The van der Waals surface area contributed by atoms with E-state index in [1.54, 1.807) is 0 Å². The van der Waals surface area contributed by atoms with Gasteiger partial charge in [0.05, 0.1) is 5.57 Å². The van der Waals surface area contributed by atoms with E-state index in [9.17, 15) is 9.59 Å². The SMILES string of the molecule is CCCCc1cc(Cl)ccc1-c1ccc(CC)c(C2=C(OC(C)=O)C3CCC(C3)C2=O)c1. The Bertz CT molecular complexity index is 1080. The Kier molecular flexibility index (Phi) is 6.85. The Morgan fingerprint density at radius 2 is 1.81 bits per heavy atom. The van der Waals surface area contributed by atoms with Crippen molar-refractivity contribution in [3.05, 3.63) is 63.9 Å². The third kappa shape index (κ3) is 4.41. The monoisotopic (exact) mass is 450 g/mol. The zero-order chi connectivity index (χ0) is 22.8. The number of aryl methyl sites for hydroxylation is 2. The molecule has 2 unspecified atom stereocenters. The molecule has 4 heteroatoms. The minimum Gasteiger partial charge on any atom is -0.430 e. The number of carbonyl (C=O) groups excluding carboxylic acids is 2. The highest BCUT2D eigenvalue weighted by Crippen LogP contribution is 2.47. The third-order valence-corrected chi connectivity index (χ3v) is 7.09. The van der Waals surface area contributed by atoms with E-state index in [0.717, 1.165) is 72.2 Å². The van der Waals surface area contributed by atoms with Crippen LogP contribution in [0, 0.1) is 11.8 Å². The van der Waals surface area contributed by atoms with Crippen LogP contribution in [0.4, 0.5) is 0 Å². The van der Waals surface area contributed by atoms with Gasteiger partial charge >= 0.3 is 5.97 Å². The van der Waals surface area contributed by atoms with Gasteiger partial charge in [-0.15, -0.1) is 0 Å². The Labute approximate surface area is 195 Å². The maximum absolute atomic E-state index is 13.5. The van der Waals surface area contributed by atoms with Crippen LogP contribution >= 0.6 is 11.6 Å². The number of allylic oxidation sites excluding steroid dienone is 2. The van der Waals surface area contributed by atoms with Crippen LogP contribution in [0.25, 0.3) is 16.7 Å². The molecule has 2 aromatic carbocycles. The van der Waals surface area contributed by atoms with Gasteiger partial charge in [-0.2, -0.15) is 0 Å². The number of halogens is 1. The lowest BCUT2D eigenvalue weighted by Gasteiger charge is -2.26. The molecule has 168 valence electrons. The second kappa shape index (κ2) is 9.62. The number of hydrogen-bond donors (Lipinski definition) is 0. The summed E-state index contributed by atoms with van der Waals surface area (Å²) in [5, 5.41) is 0.740. The molecular formula is C28H31ClO3. The predicted octanol–water partition coefficient (Wildman–Crippen LogP) is 7.19. The summed E-state index contributed by atoms with van der Waals surface area (Å²) < 4.78 is 5.70. The van der Waals surface area contributed by atoms with Crippen molar-refractivity contribution in [1.29, 1.82) is 0 Å². The van der Waals surface area contributed by atoms with E-state index in [4.69, 9.17) is 16.3 Å². The number of hydrogen-bond acceptors (Lipinski definition) is 3. The molecule has 0 N–H and O–H groups in total. The molecule has 0 aromatic heterocycles. The maximum Gasteiger partial charge on any atom is 0.307 e. The number of benzene rings is 2. The van der Waals surface area contributed by atoms with E-state index in [-0.39, 0.29) is 23.6 Å². The molecule has 4 rings (SSSR count). The van der Waals surface area contributed by atoms with Crippen LogP contribution in [-0.4, -0.2) is 11.8 Å². The standard InChI is InChI=1S/C28H31ClO3/c1-4-6-7-19-15-23(29)12-13-24(19)20-9-8-18(5-2)25(16-20)26-27(31)21-10-11-22(14-21)28(26)32-17(3)30/h8-9,12-13,15-16,21-22H,4-7,10-11,14H2,1-3H3. The largest absolute Gasteiger partial charge is 0.430 e. The molecule has 2 bridgehead atoms. The average Bonchev–Trinajstić information content (AvgIpc) is 3.22. The van der Waals surface area contributed by atoms with Crippen LogP contribution in [0.1, 0.15) is 69.6 Å². The maximum atomic E-state index is 13.5. The normalized spacial score (nSPS) is 20.1. The molecule has 1 saturated carbocycles. The zero-order valence-electron chi connectivity index (χ0n) is 19.2. The number of unbranched alkanes of at least 4 members (excludes halogenated alkanes) is 1. The molecule has 0 spiro atoms. The van der Waals surface area contributed by atoms with E-state index in [2.05, 4.69) is 44.2 Å². The molecule has 2 aliphatic rings. The highest BCUT2D eigenvalue weighted by Gasteiger charge is 2.43. The molecule has 0 radical (unpaired) electrons. The van der Waals surface area contributed by atoms with Crippen molar-refractivity contribution in [1.82, 2.24) is 0 Å². The molecule has 0 saturated heterocycles. The fourth-order valence-electron chi connectivity index (χ4n) is 5.25. The average molecular weight is 451 g/mol. The summed E-state index contributed by atoms with van der Waals surface area (Å²) in [6.45, 7) is 5.70. The number of ketones is 1. The minimum atomic E-state index is -0.357. The number of carbonyl (C=O) groups is 2. The summed E-state index contributed by atoms with van der Waals surface area (Å²) in [5.41, 5.74) is 6.08. The van der Waals surface area contributed by atoms with E-state index < -0.39 is 0 Å². The lowest BCUT2D eigenvalue weighted by molar-refractivity contribution is -0.137.